The van der Waals surface area contributed by atoms with E-state index in [0.717, 1.165) is 24.2 Å². The second-order valence-electron chi connectivity index (χ2n) is 7.64. The van der Waals surface area contributed by atoms with E-state index >= 15 is 0 Å². The Balaban J connectivity index is 1.83. The van der Waals surface area contributed by atoms with Crippen molar-refractivity contribution < 1.29 is 23.9 Å². The first kappa shape index (κ1) is 23.7. The maximum Gasteiger partial charge on any atom is 0.307 e. The van der Waals surface area contributed by atoms with Gasteiger partial charge >= 0.3 is 5.97 Å². The molecule has 1 aromatic rings. The third-order valence-corrected chi connectivity index (χ3v) is 4.69. The zero-order valence-corrected chi connectivity index (χ0v) is 18.1. The number of hydrogen-bond acceptors (Lipinski definition) is 6. The Morgan fingerprint density at radius 3 is 2.67 bits per heavy atom. The topological polar surface area (TPSA) is 97.0 Å². The largest absolute Gasteiger partial charge is 0.491 e. The molecule has 0 aromatic heterocycles. The Labute approximate surface area is 178 Å². The molecule has 1 atom stereocenters. The van der Waals surface area contributed by atoms with Crippen molar-refractivity contribution in [3.63, 3.8) is 0 Å². The van der Waals surface area contributed by atoms with Crippen LogP contribution in [0.25, 0.3) is 0 Å². The van der Waals surface area contributed by atoms with Crippen molar-refractivity contribution in [2.24, 2.45) is 0 Å². The number of benzene rings is 1. The van der Waals surface area contributed by atoms with Crippen LogP contribution in [0.1, 0.15) is 45.6 Å². The molecule has 1 heterocycles. The van der Waals surface area contributed by atoms with Gasteiger partial charge < -0.3 is 20.1 Å². The van der Waals surface area contributed by atoms with E-state index in [2.05, 4.69) is 10.6 Å². The number of amides is 2. The van der Waals surface area contributed by atoms with Gasteiger partial charge in [0.25, 0.3) is 0 Å². The smallest absolute Gasteiger partial charge is 0.307 e. The molecular weight excluding hydrogens is 386 g/mol. The highest BCUT2D eigenvalue weighted by Crippen LogP contribution is 2.14. The highest BCUT2D eigenvalue weighted by atomic mass is 16.5. The summed E-state index contributed by atoms with van der Waals surface area (Å²) >= 11 is 0. The molecule has 2 amide bonds. The number of piperazine rings is 1. The maximum atomic E-state index is 12.4. The van der Waals surface area contributed by atoms with E-state index in [1.165, 1.54) is 0 Å². The van der Waals surface area contributed by atoms with E-state index in [1.54, 1.807) is 4.90 Å². The number of esters is 1. The number of carbonyl (C=O) groups excluding carboxylic acids is 3. The first-order valence-corrected chi connectivity index (χ1v) is 10.6. The number of rotatable bonds is 11. The molecule has 1 fully saturated rings. The summed E-state index contributed by atoms with van der Waals surface area (Å²) in [5.74, 6) is -0.0773. The van der Waals surface area contributed by atoms with Crippen LogP contribution in [-0.2, 0) is 25.7 Å². The molecule has 2 N–H and O–H groups in total. The average molecular weight is 420 g/mol. The molecule has 0 saturated carbocycles. The molecule has 1 saturated heterocycles. The molecule has 0 radical (unpaired) electrons. The first-order chi connectivity index (χ1) is 14.4. The third-order valence-electron chi connectivity index (χ3n) is 4.69. The van der Waals surface area contributed by atoms with Gasteiger partial charge in [0.05, 0.1) is 25.7 Å². The van der Waals surface area contributed by atoms with Crippen molar-refractivity contribution in [1.82, 2.24) is 15.5 Å². The van der Waals surface area contributed by atoms with Crippen molar-refractivity contribution in [2.45, 2.75) is 58.7 Å². The van der Waals surface area contributed by atoms with Crippen LogP contribution >= 0.6 is 0 Å². The monoisotopic (exact) mass is 419 g/mol. The summed E-state index contributed by atoms with van der Waals surface area (Å²) < 4.78 is 10.8. The molecule has 30 heavy (non-hydrogen) atoms. The Bertz CT molecular complexity index is 705. The van der Waals surface area contributed by atoms with Crippen LogP contribution in [0.2, 0.25) is 0 Å². The number of nitrogens with one attached hydrogen (secondary N) is 2. The van der Waals surface area contributed by atoms with Gasteiger partial charge in [0.15, 0.2) is 0 Å². The Hall–Kier alpha value is -2.61. The van der Waals surface area contributed by atoms with Crippen LogP contribution in [0, 0.1) is 0 Å². The van der Waals surface area contributed by atoms with E-state index in [4.69, 9.17) is 9.47 Å². The van der Waals surface area contributed by atoms with Gasteiger partial charge in [-0.15, -0.1) is 0 Å². The lowest BCUT2D eigenvalue weighted by Crippen LogP contribution is -2.57. The minimum absolute atomic E-state index is 0.0505. The maximum absolute atomic E-state index is 12.4. The summed E-state index contributed by atoms with van der Waals surface area (Å²) in [5, 5.41) is 5.62. The number of hydrogen-bond donors (Lipinski definition) is 2. The zero-order chi connectivity index (χ0) is 21.9. The highest BCUT2D eigenvalue weighted by Gasteiger charge is 2.33. The predicted molar refractivity (Wildman–Crippen MR) is 113 cm³/mol. The predicted octanol–water partition coefficient (Wildman–Crippen LogP) is 1.62. The molecule has 1 aliphatic heterocycles. The third kappa shape index (κ3) is 8.02. The number of unbranched alkanes of at least 4 members (excludes halogenated alkanes) is 1. The van der Waals surface area contributed by atoms with Crippen molar-refractivity contribution in [2.75, 3.05) is 26.2 Å². The quantitative estimate of drug-likeness (QED) is 0.418. The van der Waals surface area contributed by atoms with Gasteiger partial charge in [-0.3, -0.25) is 19.3 Å². The molecule has 8 nitrogen and oxygen atoms in total. The molecule has 0 aliphatic carbocycles. The Morgan fingerprint density at radius 2 is 2.00 bits per heavy atom. The summed E-state index contributed by atoms with van der Waals surface area (Å²) in [5.41, 5.74) is 0.951. The minimum Gasteiger partial charge on any atom is -0.491 e. The summed E-state index contributed by atoms with van der Waals surface area (Å²) in [4.78, 5) is 38.4. The molecule has 0 spiro atoms. The van der Waals surface area contributed by atoms with Gasteiger partial charge in [-0.2, -0.15) is 0 Å². The standard InChI is InChI=1S/C22H33N3O5/c1-4-5-12-29-21(27)13-19-22(28)23-10-11-25(19)15-20(26)24-14-17-6-8-18(9-7-17)30-16(2)3/h6-9,16,19H,4-5,10-15H2,1-3H3,(H,23,28)(H,24,26). The van der Waals surface area contributed by atoms with Gasteiger partial charge in [0.2, 0.25) is 11.8 Å². The van der Waals surface area contributed by atoms with E-state index in [-0.39, 0.29) is 30.9 Å². The van der Waals surface area contributed by atoms with Crippen LogP contribution in [-0.4, -0.2) is 61.1 Å². The van der Waals surface area contributed by atoms with Gasteiger partial charge in [0, 0.05) is 19.6 Å². The van der Waals surface area contributed by atoms with Gasteiger partial charge in [-0.1, -0.05) is 25.5 Å². The fraction of sp³-hybridized carbons (Fsp3) is 0.591. The van der Waals surface area contributed by atoms with Crippen molar-refractivity contribution in [3.05, 3.63) is 29.8 Å². The summed E-state index contributed by atoms with van der Waals surface area (Å²) in [7, 11) is 0. The summed E-state index contributed by atoms with van der Waals surface area (Å²) in [6, 6.07) is 6.86. The van der Waals surface area contributed by atoms with Crippen LogP contribution in [0.5, 0.6) is 5.75 Å². The van der Waals surface area contributed by atoms with E-state index in [9.17, 15) is 14.4 Å². The molecule has 8 heteroatoms. The lowest BCUT2D eigenvalue weighted by molar-refractivity contribution is -0.149. The lowest BCUT2D eigenvalue weighted by Gasteiger charge is -2.33. The fourth-order valence-corrected chi connectivity index (χ4v) is 3.12. The normalized spacial score (nSPS) is 16.8. The molecule has 2 rings (SSSR count). The van der Waals surface area contributed by atoms with Gasteiger partial charge in [-0.05, 0) is 38.0 Å². The first-order valence-electron chi connectivity index (χ1n) is 10.6. The molecule has 1 aliphatic rings. The van der Waals surface area contributed by atoms with Gasteiger partial charge in [-0.25, -0.2) is 0 Å². The Kier molecular flexibility index (Phi) is 9.60. The number of ether oxygens (including phenoxy) is 2. The second-order valence-corrected chi connectivity index (χ2v) is 7.64. The molecule has 1 unspecified atom stereocenters. The second kappa shape index (κ2) is 12.2. The van der Waals surface area contributed by atoms with Crippen molar-refractivity contribution in [3.8, 4) is 5.75 Å². The number of carbonyl (C=O) groups is 3. The van der Waals surface area contributed by atoms with Crippen LogP contribution in [0.15, 0.2) is 24.3 Å². The summed E-state index contributed by atoms with van der Waals surface area (Å²) in [6.45, 7) is 7.68. The van der Waals surface area contributed by atoms with Crippen LogP contribution in [0.3, 0.4) is 0 Å². The highest BCUT2D eigenvalue weighted by molar-refractivity contribution is 5.88. The van der Waals surface area contributed by atoms with Gasteiger partial charge in [0.1, 0.15) is 11.8 Å². The molecule has 0 bridgehead atoms. The molecule has 166 valence electrons. The lowest BCUT2D eigenvalue weighted by atomic mass is 10.1. The van der Waals surface area contributed by atoms with Crippen molar-refractivity contribution >= 4 is 17.8 Å². The van der Waals surface area contributed by atoms with Crippen LogP contribution in [0.4, 0.5) is 0 Å². The summed E-state index contributed by atoms with van der Waals surface area (Å²) in [6.07, 6.45) is 1.77. The van der Waals surface area contributed by atoms with Crippen LogP contribution < -0.4 is 15.4 Å². The molecular formula is C22H33N3O5. The van der Waals surface area contributed by atoms with E-state index in [0.29, 0.717) is 26.2 Å². The Morgan fingerprint density at radius 1 is 1.27 bits per heavy atom. The van der Waals surface area contributed by atoms with E-state index < -0.39 is 12.0 Å². The average Bonchev–Trinajstić information content (AvgIpc) is 2.70. The SMILES string of the molecule is CCCCOC(=O)CC1C(=O)NCCN1CC(=O)NCc1ccc(OC(C)C)cc1. The minimum atomic E-state index is -0.689. The number of nitrogens with zero attached hydrogens (tertiary/aromatic N) is 1. The van der Waals surface area contributed by atoms with E-state index in [1.807, 2.05) is 45.0 Å². The fourth-order valence-electron chi connectivity index (χ4n) is 3.12. The molecule has 1 aromatic carbocycles. The zero-order valence-electron chi connectivity index (χ0n) is 18.1. The van der Waals surface area contributed by atoms with Crippen molar-refractivity contribution in [1.29, 1.82) is 0 Å².